The van der Waals surface area contributed by atoms with Crippen molar-refractivity contribution in [1.82, 2.24) is 36.4 Å². The van der Waals surface area contributed by atoms with Crippen LogP contribution in [0.25, 0.3) is 0 Å². The second-order valence-corrected chi connectivity index (χ2v) is 13.6. The standard InChI is InChI=1S/C24H32N4O5.C12H23N5O4/c1-16(25-22(31)20-10-6-12-27(20)17(2)30)24(33)28-13-7-11-21(28)23(32)26-19(15-29)14-18-8-4-3-5-9-18;1-5(13)10(19)16-7(3)12(21)17-8(4)11(20)15-6(2)9(14)18/h3-5,8-9,15-16,19-21H,6-7,10-14H2,1-2H3,(H,25,31)(H,26,32);5-8H,13H2,1-4H3,(H2,14,18)(H,15,20)(H,16,19)(H,17,21)/t16-,19-,20-,21-;5-,6-,7-,8-/m00/s1. The van der Waals surface area contributed by atoms with Gasteiger partial charge in [-0.05, 0) is 72.3 Å². The molecule has 3 rings (SSSR count). The van der Waals surface area contributed by atoms with Crippen molar-refractivity contribution in [2.45, 2.75) is 122 Å². The number of hydrogen-bond donors (Lipinski definition) is 7. The number of aldehydes is 1. The fraction of sp³-hybridized carbons (Fsp3) is 0.583. The predicted octanol–water partition coefficient (Wildman–Crippen LogP) is -2.25. The number of hydrogen-bond acceptors (Lipinski definition) is 10. The first-order valence-electron chi connectivity index (χ1n) is 18.0. The third-order valence-corrected chi connectivity index (χ3v) is 9.02. The first kappa shape index (κ1) is 44.8. The van der Waals surface area contributed by atoms with Crippen molar-refractivity contribution in [2.24, 2.45) is 11.5 Å². The summed E-state index contributed by atoms with van der Waals surface area (Å²) in [6, 6.07) is 3.32. The first-order valence-corrected chi connectivity index (χ1v) is 18.0. The number of nitrogens with one attached hydrogen (secondary N) is 5. The van der Waals surface area contributed by atoms with Gasteiger partial charge in [-0.1, -0.05) is 30.3 Å². The summed E-state index contributed by atoms with van der Waals surface area (Å²) in [6.07, 6.45) is 3.55. The molecule has 8 amide bonds. The minimum Gasteiger partial charge on any atom is -0.368 e. The highest BCUT2D eigenvalue weighted by molar-refractivity contribution is 5.95. The number of nitrogens with two attached hydrogens (primary N) is 2. The number of amides is 8. The summed E-state index contributed by atoms with van der Waals surface area (Å²) in [5.74, 6) is -3.49. The molecular formula is C36H55N9O9. The van der Waals surface area contributed by atoms with Crippen molar-refractivity contribution in [2.75, 3.05) is 13.1 Å². The number of rotatable bonds is 15. The van der Waals surface area contributed by atoms with Crippen LogP contribution in [0.1, 0.15) is 72.8 Å². The minimum absolute atomic E-state index is 0.164. The van der Waals surface area contributed by atoms with Gasteiger partial charge < -0.3 is 52.6 Å². The minimum atomic E-state index is -0.881. The summed E-state index contributed by atoms with van der Waals surface area (Å²) in [7, 11) is 0. The highest BCUT2D eigenvalue weighted by Gasteiger charge is 2.39. The molecule has 2 fully saturated rings. The van der Waals surface area contributed by atoms with Crippen LogP contribution in [0.15, 0.2) is 30.3 Å². The lowest BCUT2D eigenvalue weighted by molar-refractivity contribution is -0.142. The topological polar surface area (TPSA) is 272 Å². The number of carbonyl (C=O) groups is 9. The van der Waals surface area contributed by atoms with Gasteiger partial charge in [-0.3, -0.25) is 38.4 Å². The van der Waals surface area contributed by atoms with Crippen molar-refractivity contribution in [3.63, 3.8) is 0 Å². The molecule has 8 atom stereocenters. The van der Waals surface area contributed by atoms with Crippen LogP contribution in [0.4, 0.5) is 0 Å². The third-order valence-electron chi connectivity index (χ3n) is 9.02. The zero-order chi connectivity index (χ0) is 40.7. The second-order valence-electron chi connectivity index (χ2n) is 13.6. The van der Waals surface area contributed by atoms with Gasteiger partial charge in [0.2, 0.25) is 47.3 Å². The van der Waals surface area contributed by atoms with Crippen molar-refractivity contribution in [3.8, 4) is 0 Å². The molecule has 0 aromatic heterocycles. The summed E-state index contributed by atoms with van der Waals surface area (Å²) in [5.41, 5.74) is 11.3. The molecule has 2 aliphatic heterocycles. The van der Waals surface area contributed by atoms with E-state index in [4.69, 9.17) is 11.5 Å². The monoisotopic (exact) mass is 757 g/mol. The van der Waals surface area contributed by atoms with Crippen LogP contribution >= 0.6 is 0 Å². The van der Waals surface area contributed by atoms with Crippen LogP contribution in [0.3, 0.4) is 0 Å². The van der Waals surface area contributed by atoms with E-state index in [0.717, 1.165) is 12.0 Å². The van der Waals surface area contributed by atoms with Crippen LogP contribution in [0.2, 0.25) is 0 Å². The number of benzene rings is 1. The van der Waals surface area contributed by atoms with E-state index < -0.39 is 72.0 Å². The second kappa shape index (κ2) is 21.3. The van der Waals surface area contributed by atoms with Crippen LogP contribution in [-0.4, -0.2) is 125 Å². The Kier molecular flexibility index (Phi) is 17.7. The summed E-state index contributed by atoms with van der Waals surface area (Å²) < 4.78 is 0. The number of likely N-dealkylation sites (tertiary alicyclic amines) is 2. The lowest BCUT2D eigenvalue weighted by Crippen LogP contribution is -2.56. The molecule has 18 heteroatoms. The van der Waals surface area contributed by atoms with Gasteiger partial charge in [0.1, 0.15) is 42.5 Å². The Bertz CT molecular complexity index is 1520. The van der Waals surface area contributed by atoms with Crippen molar-refractivity contribution in [3.05, 3.63) is 35.9 Å². The molecule has 0 bridgehead atoms. The summed E-state index contributed by atoms with van der Waals surface area (Å²) in [6.45, 7) is 9.78. The maximum absolute atomic E-state index is 13.1. The van der Waals surface area contributed by atoms with Gasteiger partial charge in [-0.15, -0.1) is 0 Å². The highest BCUT2D eigenvalue weighted by atomic mass is 16.2. The summed E-state index contributed by atoms with van der Waals surface area (Å²) in [4.78, 5) is 111. The first-order chi connectivity index (χ1) is 25.4. The molecule has 54 heavy (non-hydrogen) atoms. The Labute approximate surface area is 315 Å². The molecule has 2 heterocycles. The number of carbonyl (C=O) groups excluding carboxylic acids is 9. The van der Waals surface area contributed by atoms with Crippen LogP contribution in [0.5, 0.6) is 0 Å². The van der Waals surface area contributed by atoms with Gasteiger partial charge in [0.05, 0.1) is 12.1 Å². The van der Waals surface area contributed by atoms with Crippen LogP contribution < -0.4 is 38.1 Å². The zero-order valence-electron chi connectivity index (χ0n) is 31.8. The van der Waals surface area contributed by atoms with E-state index in [0.29, 0.717) is 45.1 Å². The summed E-state index contributed by atoms with van der Waals surface area (Å²) >= 11 is 0. The van der Waals surface area contributed by atoms with Crippen molar-refractivity contribution in [1.29, 1.82) is 0 Å². The van der Waals surface area contributed by atoms with Gasteiger partial charge in [0.15, 0.2) is 0 Å². The molecular weight excluding hydrogens is 702 g/mol. The zero-order valence-corrected chi connectivity index (χ0v) is 31.8. The van der Waals surface area contributed by atoms with Gasteiger partial charge in [-0.2, -0.15) is 0 Å². The SMILES string of the molecule is CC(=O)N1CCC[C@H]1C(=O)N[C@@H](C)C(=O)N1CCC[C@H]1C(=O)N[C@H](C=O)Cc1ccccc1.C[C@H](N)C(=O)N[C@@H](C)C(=O)N[C@@H](C)C(=O)N[C@@H](C)C(N)=O. The maximum atomic E-state index is 13.1. The van der Waals surface area contributed by atoms with Gasteiger partial charge in [0.25, 0.3) is 0 Å². The molecule has 1 aromatic rings. The van der Waals surface area contributed by atoms with Gasteiger partial charge in [-0.25, -0.2) is 0 Å². The lowest BCUT2D eigenvalue weighted by Gasteiger charge is -2.29. The Morgan fingerprint density at radius 1 is 0.704 bits per heavy atom. The quantitative estimate of drug-likeness (QED) is 0.0945. The molecule has 2 saturated heterocycles. The molecule has 18 nitrogen and oxygen atoms in total. The maximum Gasteiger partial charge on any atom is 0.245 e. The largest absolute Gasteiger partial charge is 0.368 e. The fourth-order valence-electron chi connectivity index (χ4n) is 5.84. The average molecular weight is 758 g/mol. The van der Waals surface area contributed by atoms with E-state index >= 15 is 0 Å². The van der Waals surface area contributed by atoms with Crippen molar-refractivity contribution >= 4 is 53.5 Å². The molecule has 0 aliphatic carbocycles. The molecule has 9 N–H and O–H groups in total. The predicted molar refractivity (Wildman–Crippen MR) is 197 cm³/mol. The molecule has 1 aromatic carbocycles. The van der Waals surface area contributed by atoms with E-state index in [2.05, 4.69) is 26.6 Å². The smallest absolute Gasteiger partial charge is 0.245 e. The Morgan fingerprint density at radius 2 is 1.19 bits per heavy atom. The molecule has 298 valence electrons. The van der Waals surface area contributed by atoms with Crippen LogP contribution in [0, 0.1) is 0 Å². The lowest BCUT2D eigenvalue weighted by atomic mass is 10.1. The van der Waals surface area contributed by atoms with E-state index in [1.54, 1.807) is 6.92 Å². The summed E-state index contributed by atoms with van der Waals surface area (Å²) in [5, 5.41) is 12.6. The van der Waals surface area contributed by atoms with Gasteiger partial charge >= 0.3 is 0 Å². The third kappa shape index (κ3) is 13.5. The van der Waals surface area contributed by atoms with Crippen molar-refractivity contribution < 1.29 is 43.2 Å². The Morgan fingerprint density at radius 3 is 1.69 bits per heavy atom. The average Bonchev–Trinajstić information content (AvgIpc) is 3.82. The normalized spacial score (nSPS) is 19.6. The van der Waals surface area contributed by atoms with Gasteiger partial charge in [0, 0.05) is 20.0 Å². The molecule has 0 spiro atoms. The Balaban J connectivity index is 0.000000417. The molecule has 0 saturated carbocycles. The van der Waals surface area contributed by atoms with E-state index in [1.807, 2.05) is 30.3 Å². The van der Waals surface area contributed by atoms with E-state index in [9.17, 15) is 43.2 Å². The van der Waals surface area contributed by atoms with Crippen LogP contribution in [-0.2, 0) is 49.6 Å². The molecule has 0 radical (unpaired) electrons. The number of primary amides is 1. The number of nitrogens with zero attached hydrogens (tertiary/aromatic N) is 2. The highest BCUT2D eigenvalue weighted by Crippen LogP contribution is 2.20. The van der Waals surface area contributed by atoms with E-state index in [-0.39, 0.29) is 23.6 Å². The Hall–Kier alpha value is -5.39. The fourth-order valence-corrected chi connectivity index (χ4v) is 5.84. The molecule has 2 aliphatic rings. The molecule has 0 unspecified atom stereocenters. The van der Waals surface area contributed by atoms with E-state index in [1.165, 1.54) is 44.4 Å².